The number of carbonyl (C=O) groups excluding carboxylic acids is 1. The monoisotopic (exact) mass is 355 g/mol. The Morgan fingerprint density at radius 2 is 1.48 bits per heavy atom. The van der Waals surface area contributed by atoms with Crippen LogP contribution in [0.1, 0.15) is 30.9 Å². The molecule has 0 bridgehead atoms. The van der Waals surface area contributed by atoms with E-state index in [-0.39, 0.29) is 5.78 Å². The molecule has 1 atom stereocenters. The molecule has 0 saturated carbocycles. The number of nitrogens with zero attached hydrogens (tertiary/aromatic N) is 1. The first-order valence-electron chi connectivity index (χ1n) is 8.86. The molecule has 0 radical (unpaired) electrons. The Morgan fingerprint density at radius 3 is 1.84 bits per heavy atom. The molecule has 0 saturated heterocycles. The van der Waals surface area contributed by atoms with Crippen LogP contribution in [0.5, 0.6) is 0 Å². The minimum Gasteiger partial charge on any atom is -0.306 e. The Bertz CT molecular complexity index is 615. The second-order valence-electron chi connectivity index (χ2n) is 6.69. The molecule has 0 aliphatic heterocycles. The summed E-state index contributed by atoms with van der Waals surface area (Å²) in [6.07, 6.45) is 3.45. The molecule has 0 aromatic heterocycles. The lowest BCUT2D eigenvalue weighted by molar-refractivity contribution is -0.123. The van der Waals surface area contributed by atoms with E-state index in [2.05, 4.69) is 49.5 Å². The van der Waals surface area contributed by atoms with Crippen LogP contribution in [0.2, 0.25) is 0 Å². The van der Waals surface area contributed by atoms with Gasteiger partial charge in [-0.05, 0) is 37.9 Å². The minimum absolute atomic E-state index is 0.290. The number of carbonyl (C=O) groups is 1. The van der Waals surface area contributed by atoms with Crippen LogP contribution in [0, 0.1) is 0 Å². The molecule has 0 heterocycles. The number of benzene rings is 2. The van der Waals surface area contributed by atoms with E-state index in [0.29, 0.717) is 12.5 Å². The summed E-state index contributed by atoms with van der Waals surface area (Å²) in [4.78, 5) is 15.6. The van der Waals surface area contributed by atoms with Crippen molar-refractivity contribution in [2.24, 2.45) is 0 Å². The molecule has 2 aromatic rings. The molecule has 25 heavy (non-hydrogen) atoms. The van der Waals surface area contributed by atoms with E-state index >= 15 is 0 Å². The Morgan fingerprint density at radius 1 is 1.00 bits per heavy atom. The van der Waals surface area contributed by atoms with E-state index in [1.54, 1.807) is 0 Å². The molecule has 0 spiro atoms. The third-order valence-corrected chi connectivity index (χ3v) is 5.68. The van der Waals surface area contributed by atoms with E-state index in [1.165, 1.54) is 0 Å². The van der Waals surface area contributed by atoms with Gasteiger partial charge in [-0.15, -0.1) is 0 Å². The Labute approximate surface area is 156 Å². The second-order valence-corrected chi connectivity index (χ2v) is 7.60. The molecule has 134 valence electrons. The zero-order valence-electron chi connectivity index (χ0n) is 15.7. The molecule has 0 aliphatic rings. The van der Waals surface area contributed by atoms with Gasteiger partial charge >= 0.3 is 0 Å². The Balaban J connectivity index is 2.65. The predicted octanol–water partition coefficient (Wildman–Crippen LogP) is 4.64. The lowest BCUT2D eigenvalue weighted by Crippen LogP contribution is -2.44. The van der Waals surface area contributed by atoms with Crippen LogP contribution in [-0.4, -0.2) is 42.8 Å². The molecule has 0 aliphatic carbocycles. The fourth-order valence-electron chi connectivity index (χ4n) is 3.52. The third-order valence-electron chi connectivity index (χ3n) is 4.96. The van der Waals surface area contributed by atoms with Gasteiger partial charge in [0.25, 0.3) is 0 Å². The average Bonchev–Trinajstić information content (AvgIpc) is 2.66. The largest absolute Gasteiger partial charge is 0.306 e. The van der Waals surface area contributed by atoms with Gasteiger partial charge in [-0.1, -0.05) is 67.6 Å². The highest BCUT2D eigenvalue weighted by atomic mass is 32.2. The standard InChI is InChI=1S/C22H29NOS/c1-5-21(24)22(18-12-8-6-9-13-18,19-14-10-7-11-15-19)16-20(17-25-4)23(2)3/h6-15,20H,5,16-17H2,1-4H3/t20-/m1/s1. The fraction of sp³-hybridized carbons (Fsp3) is 0.409. The first-order chi connectivity index (χ1) is 12.1. The summed E-state index contributed by atoms with van der Waals surface area (Å²) in [5.41, 5.74) is 1.60. The lowest BCUT2D eigenvalue weighted by Gasteiger charge is -2.38. The van der Waals surface area contributed by atoms with E-state index in [0.717, 1.165) is 23.3 Å². The van der Waals surface area contributed by atoms with Gasteiger partial charge in [0.2, 0.25) is 0 Å². The van der Waals surface area contributed by atoms with Crippen molar-refractivity contribution in [2.75, 3.05) is 26.1 Å². The van der Waals surface area contributed by atoms with Crippen molar-refractivity contribution in [2.45, 2.75) is 31.2 Å². The number of thioether (sulfide) groups is 1. The van der Waals surface area contributed by atoms with Crippen molar-refractivity contribution in [3.05, 3.63) is 71.8 Å². The fourth-order valence-corrected chi connectivity index (χ4v) is 4.32. The molecule has 3 heteroatoms. The highest BCUT2D eigenvalue weighted by Gasteiger charge is 2.42. The highest BCUT2D eigenvalue weighted by molar-refractivity contribution is 7.98. The summed E-state index contributed by atoms with van der Waals surface area (Å²) in [6.45, 7) is 1.97. The Kier molecular flexibility index (Phi) is 7.27. The second kappa shape index (κ2) is 9.21. The molecule has 0 N–H and O–H groups in total. The summed E-state index contributed by atoms with van der Waals surface area (Å²) < 4.78 is 0. The van der Waals surface area contributed by atoms with Gasteiger partial charge in [-0.25, -0.2) is 0 Å². The minimum atomic E-state index is -0.595. The number of Topliss-reactive ketones (excluding diaryl/α,β-unsaturated/α-hetero) is 1. The molecule has 0 unspecified atom stereocenters. The average molecular weight is 356 g/mol. The summed E-state index contributed by atoms with van der Waals surface area (Å²) in [5.74, 6) is 1.30. The summed E-state index contributed by atoms with van der Waals surface area (Å²) >= 11 is 1.84. The van der Waals surface area contributed by atoms with Crippen LogP contribution in [0.25, 0.3) is 0 Å². The van der Waals surface area contributed by atoms with Crippen molar-refractivity contribution < 1.29 is 4.79 Å². The van der Waals surface area contributed by atoms with Gasteiger partial charge in [-0.2, -0.15) is 11.8 Å². The molecule has 0 fully saturated rings. The van der Waals surface area contributed by atoms with Crippen molar-refractivity contribution in [3.8, 4) is 0 Å². The number of hydrogen-bond acceptors (Lipinski definition) is 3. The van der Waals surface area contributed by atoms with Gasteiger partial charge in [0.05, 0.1) is 5.41 Å². The summed E-state index contributed by atoms with van der Waals surface area (Å²) in [7, 11) is 4.22. The van der Waals surface area contributed by atoms with Crippen LogP contribution in [0.3, 0.4) is 0 Å². The molecular formula is C22H29NOS. The van der Waals surface area contributed by atoms with E-state index < -0.39 is 5.41 Å². The van der Waals surface area contributed by atoms with Crippen LogP contribution < -0.4 is 0 Å². The van der Waals surface area contributed by atoms with Crippen LogP contribution in [0.4, 0.5) is 0 Å². The smallest absolute Gasteiger partial charge is 0.147 e. The first-order valence-corrected chi connectivity index (χ1v) is 10.2. The number of ketones is 1. The van der Waals surface area contributed by atoms with Gasteiger partial charge < -0.3 is 4.90 Å². The summed E-state index contributed by atoms with van der Waals surface area (Å²) in [5, 5.41) is 0. The van der Waals surface area contributed by atoms with Gasteiger partial charge in [0.1, 0.15) is 5.78 Å². The van der Waals surface area contributed by atoms with E-state index in [4.69, 9.17) is 0 Å². The number of rotatable bonds is 9. The maximum Gasteiger partial charge on any atom is 0.147 e. The third kappa shape index (κ3) is 4.34. The quantitative estimate of drug-likeness (QED) is 0.654. The maximum absolute atomic E-state index is 13.4. The molecule has 0 amide bonds. The van der Waals surface area contributed by atoms with Gasteiger partial charge in [-0.3, -0.25) is 4.79 Å². The SMILES string of the molecule is CCC(=O)C(C[C@H](CSC)N(C)C)(c1ccccc1)c1ccccc1. The molecule has 2 nitrogen and oxygen atoms in total. The maximum atomic E-state index is 13.4. The highest BCUT2D eigenvalue weighted by Crippen LogP contribution is 2.39. The topological polar surface area (TPSA) is 20.3 Å². The van der Waals surface area contributed by atoms with Gasteiger partial charge in [0, 0.05) is 18.2 Å². The van der Waals surface area contributed by atoms with Crippen LogP contribution in [0.15, 0.2) is 60.7 Å². The van der Waals surface area contributed by atoms with Crippen molar-refractivity contribution >= 4 is 17.5 Å². The molecular weight excluding hydrogens is 326 g/mol. The zero-order chi connectivity index (χ0) is 18.3. The van der Waals surface area contributed by atoms with Crippen molar-refractivity contribution in [3.63, 3.8) is 0 Å². The predicted molar refractivity (Wildman–Crippen MR) is 109 cm³/mol. The number of hydrogen-bond donors (Lipinski definition) is 0. The van der Waals surface area contributed by atoms with Crippen molar-refractivity contribution in [1.82, 2.24) is 4.90 Å². The van der Waals surface area contributed by atoms with Crippen molar-refractivity contribution in [1.29, 1.82) is 0 Å². The van der Waals surface area contributed by atoms with Crippen LogP contribution >= 0.6 is 11.8 Å². The van der Waals surface area contributed by atoms with E-state index in [1.807, 2.05) is 55.1 Å². The normalized spacial score (nSPS) is 13.0. The lowest BCUT2D eigenvalue weighted by atomic mass is 9.67. The first kappa shape index (κ1) is 19.7. The van der Waals surface area contributed by atoms with Crippen LogP contribution in [-0.2, 0) is 10.2 Å². The zero-order valence-corrected chi connectivity index (χ0v) is 16.6. The van der Waals surface area contributed by atoms with E-state index in [9.17, 15) is 4.79 Å². The van der Waals surface area contributed by atoms with Gasteiger partial charge in [0.15, 0.2) is 0 Å². The summed E-state index contributed by atoms with van der Waals surface area (Å²) in [6, 6.07) is 20.9. The molecule has 2 aromatic carbocycles. The Hall–Kier alpha value is -1.58. The molecule has 2 rings (SSSR count).